The Labute approximate surface area is 96.8 Å². The molecule has 0 bridgehead atoms. The van der Waals surface area contributed by atoms with Crippen LogP contribution < -0.4 is 15.2 Å². The van der Waals surface area contributed by atoms with Gasteiger partial charge in [0.15, 0.2) is 11.5 Å². The number of aromatic nitrogens is 2. The monoisotopic (exact) mass is 237 g/mol. The summed E-state index contributed by atoms with van der Waals surface area (Å²) >= 11 is 1.32. The molecule has 0 aliphatic rings. The average molecular weight is 237 g/mol. The second kappa shape index (κ2) is 4.91. The van der Waals surface area contributed by atoms with Crippen LogP contribution in [0.1, 0.15) is 5.56 Å². The van der Waals surface area contributed by atoms with Gasteiger partial charge in [0.2, 0.25) is 0 Å². The van der Waals surface area contributed by atoms with Crippen molar-refractivity contribution in [1.82, 2.24) is 10.2 Å². The highest BCUT2D eigenvalue weighted by Gasteiger charge is 2.08. The third kappa shape index (κ3) is 2.29. The highest BCUT2D eigenvalue weighted by atomic mass is 32.1. The molecule has 0 fully saturated rings. The van der Waals surface area contributed by atoms with E-state index in [1.807, 2.05) is 18.2 Å². The van der Waals surface area contributed by atoms with Gasteiger partial charge in [-0.2, -0.15) is 0 Å². The predicted molar refractivity (Wildman–Crippen MR) is 60.9 cm³/mol. The van der Waals surface area contributed by atoms with Crippen molar-refractivity contribution in [2.45, 2.75) is 6.54 Å². The van der Waals surface area contributed by atoms with Crippen molar-refractivity contribution >= 4 is 11.3 Å². The van der Waals surface area contributed by atoms with Crippen LogP contribution in [0, 0.1) is 0 Å². The molecule has 6 heteroatoms. The summed E-state index contributed by atoms with van der Waals surface area (Å²) < 4.78 is 10.7. The molecule has 0 spiro atoms. The zero-order valence-corrected chi connectivity index (χ0v) is 9.53. The van der Waals surface area contributed by atoms with Crippen molar-refractivity contribution < 1.29 is 9.47 Å². The van der Waals surface area contributed by atoms with E-state index in [-0.39, 0.29) is 0 Å². The van der Waals surface area contributed by atoms with Crippen LogP contribution in [0.15, 0.2) is 23.7 Å². The summed E-state index contributed by atoms with van der Waals surface area (Å²) in [5, 5.41) is 7.97. The number of methoxy groups -OCH3 is 1. The van der Waals surface area contributed by atoms with Gasteiger partial charge in [-0.1, -0.05) is 22.5 Å². The van der Waals surface area contributed by atoms with Crippen LogP contribution >= 0.6 is 11.3 Å². The number of rotatable bonds is 4. The second-order valence-electron chi connectivity index (χ2n) is 3.00. The molecule has 2 rings (SSSR count). The lowest BCUT2D eigenvalue weighted by Gasteiger charge is -2.08. The topological polar surface area (TPSA) is 70.3 Å². The molecule has 5 nitrogen and oxygen atoms in total. The molecule has 1 aromatic carbocycles. The largest absolute Gasteiger partial charge is 0.493 e. The van der Waals surface area contributed by atoms with Crippen molar-refractivity contribution in [3.05, 3.63) is 29.3 Å². The van der Waals surface area contributed by atoms with E-state index < -0.39 is 0 Å². The molecule has 2 aromatic rings. The van der Waals surface area contributed by atoms with Gasteiger partial charge in [-0.3, -0.25) is 0 Å². The van der Waals surface area contributed by atoms with E-state index in [1.54, 1.807) is 12.6 Å². The van der Waals surface area contributed by atoms with Gasteiger partial charge in [-0.15, -0.1) is 5.10 Å². The Morgan fingerprint density at radius 3 is 2.88 bits per heavy atom. The third-order valence-electron chi connectivity index (χ3n) is 2.00. The van der Waals surface area contributed by atoms with E-state index in [1.165, 1.54) is 11.3 Å². The highest BCUT2D eigenvalue weighted by molar-refractivity contribution is 7.11. The maximum atomic E-state index is 5.54. The Morgan fingerprint density at radius 2 is 2.25 bits per heavy atom. The average Bonchev–Trinajstić information content (AvgIpc) is 2.82. The van der Waals surface area contributed by atoms with Gasteiger partial charge in [0.1, 0.15) is 5.51 Å². The molecule has 0 saturated heterocycles. The van der Waals surface area contributed by atoms with Crippen LogP contribution in [-0.4, -0.2) is 17.3 Å². The summed E-state index contributed by atoms with van der Waals surface area (Å²) in [4.78, 5) is 0. The first-order valence-corrected chi connectivity index (χ1v) is 5.52. The molecule has 1 aromatic heterocycles. The first-order chi connectivity index (χ1) is 7.83. The molecular formula is C10H11N3O2S. The fourth-order valence-electron chi connectivity index (χ4n) is 1.22. The van der Waals surface area contributed by atoms with Crippen LogP contribution in [-0.2, 0) is 6.54 Å². The molecule has 2 N–H and O–H groups in total. The van der Waals surface area contributed by atoms with Crippen LogP contribution in [0.2, 0.25) is 0 Å². The maximum absolute atomic E-state index is 5.54. The maximum Gasteiger partial charge on any atom is 0.299 e. The molecule has 0 amide bonds. The zero-order chi connectivity index (χ0) is 11.4. The highest BCUT2D eigenvalue weighted by Crippen LogP contribution is 2.32. The van der Waals surface area contributed by atoms with Crippen molar-refractivity contribution in [1.29, 1.82) is 0 Å². The molecule has 0 saturated carbocycles. The van der Waals surface area contributed by atoms with Gasteiger partial charge in [0, 0.05) is 6.54 Å². The van der Waals surface area contributed by atoms with Crippen molar-refractivity contribution in [2.24, 2.45) is 5.73 Å². The summed E-state index contributed by atoms with van der Waals surface area (Å²) in [6.45, 7) is 0.468. The lowest BCUT2D eigenvalue weighted by atomic mass is 10.2. The normalized spacial score (nSPS) is 10.1. The minimum atomic E-state index is 0.468. The van der Waals surface area contributed by atoms with Gasteiger partial charge in [0.05, 0.1) is 7.11 Å². The molecule has 0 atom stereocenters. The number of ether oxygens (including phenoxy) is 2. The molecule has 0 aliphatic heterocycles. The molecule has 0 aliphatic carbocycles. The Morgan fingerprint density at radius 1 is 1.38 bits per heavy atom. The summed E-state index contributed by atoms with van der Waals surface area (Å²) in [6.07, 6.45) is 0. The second-order valence-corrected chi connectivity index (χ2v) is 3.79. The van der Waals surface area contributed by atoms with Gasteiger partial charge in [-0.25, -0.2) is 0 Å². The van der Waals surface area contributed by atoms with Gasteiger partial charge in [-0.05, 0) is 17.7 Å². The summed E-state index contributed by atoms with van der Waals surface area (Å²) in [7, 11) is 1.59. The van der Waals surface area contributed by atoms with E-state index >= 15 is 0 Å². The van der Waals surface area contributed by atoms with E-state index in [9.17, 15) is 0 Å². The number of hydrogen-bond donors (Lipinski definition) is 1. The first kappa shape index (κ1) is 10.8. The van der Waals surface area contributed by atoms with Crippen molar-refractivity contribution in [3.63, 3.8) is 0 Å². The van der Waals surface area contributed by atoms with Crippen LogP contribution in [0.4, 0.5) is 0 Å². The van der Waals surface area contributed by atoms with E-state index in [4.69, 9.17) is 15.2 Å². The van der Waals surface area contributed by atoms with Crippen molar-refractivity contribution in [2.75, 3.05) is 7.11 Å². The molecule has 1 heterocycles. The third-order valence-corrected chi connectivity index (χ3v) is 2.57. The number of nitrogens with zero attached hydrogens (tertiary/aromatic N) is 2. The summed E-state index contributed by atoms with van der Waals surface area (Å²) in [5.41, 5.74) is 8.14. The van der Waals surface area contributed by atoms with Crippen LogP contribution in [0.3, 0.4) is 0 Å². The summed E-state index contributed by atoms with van der Waals surface area (Å²) in [6, 6.07) is 5.54. The summed E-state index contributed by atoms with van der Waals surface area (Å²) in [5.74, 6) is 1.24. The fourth-order valence-corrected chi connectivity index (χ4v) is 1.64. The van der Waals surface area contributed by atoms with Gasteiger partial charge in [0.25, 0.3) is 5.19 Å². The minimum absolute atomic E-state index is 0.468. The van der Waals surface area contributed by atoms with E-state index in [0.717, 1.165) is 5.56 Å². The number of hydrogen-bond acceptors (Lipinski definition) is 6. The Balaban J connectivity index is 2.26. The van der Waals surface area contributed by atoms with E-state index in [0.29, 0.717) is 23.2 Å². The Bertz CT molecular complexity index is 459. The molecule has 0 unspecified atom stereocenters. The van der Waals surface area contributed by atoms with E-state index in [2.05, 4.69) is 10.2 Å². The Hall–Kier alpha value is -1.66. The molecular weight excluding hydrogens is 226 g/mol. The predicted octanol–water partition coefficient (Wildman–Crippen LogP) is 1.80. The van der Waals surface area contributed by atoms with Crippen LogP contribution in [0.5, 0.6) is 16.7 Å². The minimum Gasteiger partial charge on any atom is -0.493 e. The number of benzene rings is 1. The smallest absolute Gasteiger partial charge is 0.299 e. The quantitative estimate of drug-likeness (QED) is 0.878. The number of nitrogens with two attached hydrogens (primary N) is 1. The lowest BCUT2D eigenvalue weighted by molar-refractivity contribution is 0.376. The SMILES string of the molecule is COc1cc(CN)ccc1Oc1nncs1. The fraction of sp³-hybridized carbons (Fsp3) is 0.200. The molecule has 84 valence electrons. The van der Waals surface area contributed by atoms with Gasteiger partial charge >= 0.3 is 0 Å². The molecule has 16 heavy (non-hydrogen) atoms. The Kier molecular flexibility index (Phi) is 3.33. The lowest BCUT2D eigenvalue weighted by Crippen LogP contribution is -1.98. The molecule has 0 radical (unpaired) electrons. The zero-order valence-electron chi connectivity index (χ0n) is 8.71. The van der Waals surface area contributed by atoms with Crippen LogP contribution in [0.25, 0.3) is 0 Å². The van der Waals surface area contributed by atoms with Gasteiger partial charge < -0.3 is 15.2 Å². The standard InChI is InChI=1S/C10H11N3O2S/c1-14-9-4-7(5-11)2-3-8(9)15-10-13-12-6-16-10/h2-4,6H,5,11H2,1H3. The first-order valence-electron chi connectivity index (χ1n) is 4.64. The van der Waals surface area contributed by atoms with Crippen molar-refractivity contribution in [3.8, 4) is 16.7 Å².